The second-order valence-corrected chi connectivity index (χ2v) is 7.16. The van der Waals surface area contributed by atoms with Gasteiger partial charge in [0.1, 0.15) is 6.42 Å². The monoisotopic (exact) mass is 332 g/mol. The largest absolute Gasteiger partial charge is 0.481 e. The van der Waals surface area contributed by atoms with Crippen LogP contribution in [-0.2, 0) is 9.59 Å². The Morgan fingerprint density at radius 2 is 1.04 bits per heavy atom. The molecular weight excluding hydrogens is 294 g/mol. The van der Waals surface area contributed by atoms with Gasteiger partial charge in [0.25, 0.3) is 0 Å². The molecule has 23 heavy (non-hydrogen) atoms. The fourth-order valence-corrected chi connectivity index (χ4v) is 2.20. The van der Waals surface area contributed by atoms with Crippen LogP contribution in [0.3, 0.4) is 0 Å². The van der Waals surface area contributed by atoms with Crippen LogP contribution in [0, 0.1) is 0 Å². The van der Waals surface area contributed by atoms with Crippen molar-refractivity contribution in [3.05, 3.63) is 0 Å². The molecule has 5 heteroatoms. The summed E-state index contributed by atoms with van der Waals surface area (Å²) in [4.78, 5) is 18.9. The van der Waals surface area contributed by atoms with E-state index in [1.54, 1.807) is 0 Å². The maximum Gasteiger partial charge on any atom is 0.314 e. The van der Waals surface area contributed by atoms with Crippen molar-refractivity contribution < 1.29 is 24.3 Å². The van der Waals surface area contributed by atoms with Gasteiger partial charge in [-0.1, -0.05) is 58.3 Å². The van der Waals surface area contributed by atoms with E-state index in [9.17, 15) is 9.59 Å². The summed E-state index contributed by atoms with van der Waals surface area (Å²) in [5.41, 5.74) is 0. The van der Waals surface area contributed by atoms with Gasteiger partial charge >= 0.3 is 11.9 Å². The molecule has 0 aromatic carbocycles. The molecule has 5 nitrogen and oxygen atoms in total. The number of unbranched alkanes of at least 4 members (excludes halogenated alkanes) is 9. The molecule has 0 amide bonds. The van der Waals surface area contributed by atoms with E-state index in [1.807, 2.05) is 0 Å². The van der Waals surface area contributed by atoms with Gasteiger partial charge < -0.3 is 14.7 Å². The van der Waals surface area contributed by atoms with E-state index in [1.165, 1.54) is 70.8 Å². The van der Waals surface area contributed by atoms with Crippen molar-refractivity contribution in [2.75, 3.05) is 27.7 Å². The Morgan fingerprint density at radius 3 is 1.30 bits per heavy atom. The topological polar surface area (TPSA) is 74.6 Å². The van der Waals surface area contributed by atoms with Crippen LogP contribution in [0.2, 0.25) is 0 Å². The first kappa shape index (κ1) is 24.2. The molecule has 0 bridgehead atoms. The number of aliphatic carboxylic acids is 2. The molecule has 0 aliphatic rings. The molecule has 0 aliphatic heterocycles. The summed E-state index contributed by atoms with van der Waals surface area (Å²) < 4.78 is 1.12. The summed E-state index contributed by atoms with van der Waals surface area (Å²) in [6.07, 6.45) is 13.6. The molecule has 0 rings (SSSR count). The van der Waals surface area contributed by atoms with Crippen LogP contribution in [0.4, 0.5) is 0 Å². The Bertz CT molecular complexity index is 286. The molecule has 0 saturated heterocycles. The average molecular weight is 333 g/mol. The first-order chi connectivity index (χ1) is 10.7. The summed E-state index contributed by atoms with van der Waals surface area (Å²) >= 11 is 0. The van der Waals surface area contributed by atoms with Crippen LogP contribution in [-0.4, -0.2) is 54.3 Å². The smallest absolute Gasteiger partial charge is 0.314 e. The van der Waals surface area contributed by atoms with Crippen LogP contribution in [0.5, 0.6) is 0 Å². The standard InChI is InChI=1S/C15H34N.C3H4O4/c1-5-6-7-8-9-10-11-12-13-14-15-16(2,3)4;4-2(5)1-3(6)7/h5-15H2,1-4H3;1H2,(H,4,5)(H,6,7)/q+1;. The van der Waals surface area contributed by atoms with Gasteiger partial charge in [0.15, 0.2) is 0 Å². The van der Waals surface area contributed by atoms with Gasteiger partial charge in [-0.15, -0.1) is 0 Å². The Hall–Kier alpha value is -1.10. The van der Waals surface area contributed by atoms with E-state index in [-0.39, 0.29) is 0 Å². The van der Waals surface area contributed by atoms with Crippen molar-refractivity contribution in [3.63, 3.8) is 0 Å². The minimum atomic E-state index is -1.31. The molecule has 0 atom stereocenters. The zero-order valence-corrected chi connectivity index (χ0v) is 15.6. The van der Waals surface area contributed by atoms with Crippen molar-refractivity contribution in [2.24, 2.45) is 0 Å². The van der Waals surface area contributed by atoms with E-state index >= 15 is 0 Å². The van der Waals surface area contributed by atoms with E-state index in [2.05, 4.69) is 28.1 Å². The van der Waals surface area contributed by atoms with E-state index in [0.717, 1.165) is 4.48 Å². The highest BCUT2D eigenvalue weighted by Gasteiger charge is 2.04. The highest BCUT2D eigenvalue weighted by atomic mass is 16.4. The summed E-state index contributed by atoms with van der Waals surface area (Å²) in [5, 5.41) is 15.4. The van der Waals surface area contributed by atoms with Crippen LogP contribution < -0.4 is 0 Å². The quantitative estimate of drug-likeness (QED) is 0.302. The third-order valence-electron chi connectivity index (χ3n) is 3.48. The summed E-state index contributed by atoms with van der Waals surface area (Å²) in [6.45, 7) is 3.62. The normalized spacial score (nSPS) is 10.8. The molecule has 0 saturated carbocycles. The van der Waals surface area contributed by atoms with E-state index < -0.39 is 18.4 Å². The van der Waals surface area contributed by atoms with Crippen molar-refractivity contribution in [2.45, 2.75) is 77.6 Å². The highest BCUT2D eigenvalue weighted by Crippen LogP contribution is 2.10. The average Bonchev–Trinajstić information content (AvgIpc) is 2.39. The van der Waals surface area contributed by atoms with Crippen LogP contribution in [0.25, 0.3) is 0 Å². The lowest BCUT2D eigenvalue weighted by atomic mass is 10.1. The van der Waals surface area contributed by atoms with Gasteiger partial charge in [0.2, 0.25) is 0 Å². The van der Waals surface area contributed by atoms with Crippen LogP contribution in [0.1, 0.15) is 77.6 Å². The lowest BCUT2D eigenvalue weighted by Gasteiger charge is -2.23. The molecule has 0 aromatic heterocycles. The van der Waals surface area contributed by atoms with Gasteiger partial charge in [-0.3, -0.25) is 9.59 Å². The highest BCUT2D eigenvalue weighted by molar-refractivity contribution is 5.88. The van der Waals surface area contributed by atoms with Crippen molar-refractivity contribution in [1.82, 2.24) is 0 Å². The fraction of sp³-hybridized carbons (Fsp3) is 0.889. The zero-order chi connectivity index (χ0) is 18.1. The Kier molecular flexibility index (Phi) is 16.6. The molecule has 0 aromatic rings. The SMILES string of the molecule is CCCCCCCCCCCC[N+](C)(C)C.O=C(O)CC(=O)O. The molecule has 0 radical (unpaired) electrons. The van der Waals surface area contributed by atoms with E-state index in [4.69, 9.17) is 10.2 Å². The molecule has 0 aliphatic carbocycles. The second-order valence-electron chi connectivity index (χ2n) is 7.16. The molecule has 0 unspecified atom stereocenters. The molecule has 0 heterocycles. The van der Waals surface area contributed by atoms with Crippen molar-refractivity contribution in [1.29, 1.82) is 0 Å². The Labute approximate surface area is 142 Å². The molecule has 0 fully saturated rings. The number of hydrogen-bond acceptors (Lipinski definition) is 2. The summed E-state index contributed by atoms with van der Waals surface area (Å²) in [5.74, 6) is -2.62. The Balaban J connectivity index is 0. The van der Waals surface area contributed by atoms with Crippen LogP contribution >= 0.6 is 0 Å². The molecule has 138 valence electrons. The number of rotatable bonds is 13. The lowest BCUT2D eigenvalue weighted by Crippen LogP contribution is -2.35. The summed E-state index contributed by atoms with van der Waals surface area (Å²) in [7, 11) is 6.86. The first-order valence-corrected chi connectivity index (χ1v) is 8.93. The molecule has 0 spiro atoms. The van der Waals surface area contributed by atoms with Crippen LogP contribution in [0.15, 0.2) is 0 Å². The van der Waals surface area contributed by atoms with Gasteiger partial charge in [0, 0.05) is 0 Å². The zero-order valence-electron chi connectivity index (χ0n) is 15.6. The predicted molar refractivity (Wildman–Crippen MR) is 94.6 cm³/mol. The maximum atomic E-state index is 9.43. The number of carbonyl (C=O) groups is 2. The van der Waals surface area contributed by atoms with E-state index in [0.29, 0.717) is 0 Å². The summed E-state index contributed by atoms with van der Waals surface area (Å²) in [6, 6.07) is 0. The number of hydrogen-bond donors (Lipinski definition) is 2. The van der Waals surface area contributed by atoms with Crippen molar-refractivity contribution in [3.8, 4) is 0 Å². The third-order valence-corrected chi connectivity index (χ3v) is 3.48. The number of carboxylic acid groups (broad SMARTS) is 2. The molecular formula is C18H38NO4+. The number of carboxylic acids is 2. The maximum absolute atomic E-state index is 9.43. The van der Waals surface area contributed by atoms with Gasteiger partial charge in [0.05, 0.1) is 27.7 Å². The van der Waals surface area contributed by atoms with Gasteiger partial charge in [-0.2, -0.15) is 0 Å². The Morgan fingerprint density at radius 1 is 0.696 bits per heavy atom. The second kappa shape index (κ2) is 15.8. The minimum absolute atomic E-state index is 0.806. The molecule has 2 N–H and O–H groups in total. The van der Waals surface area contributed by atoms with Gasteiger partial charge in [-0.05, 0) is 12.8 Å². The predicted octanol–water partition coefficient (Wildman–Crippen LogP) is 4.16. The number of quaternary nitrogens is 1. The first-order valence-electron chi connectivity index (χ1n) is 8.93. The van der Waals surface area contributed by atoms with Crippen molar-refractivity contribution >= 4 is 11.9 Å². The number of nitrogens with zero attached hydrogens (tertiary/aromatic N) is 1. The fourth-order valence-electron chi connectivity index (χ4n) is 2.20. The minimum Gasteiger partial charge on any atom is -0.481 e. The van der Waals surface area contributed by atoms with Gasteiger partial charge in [-0.25, -0.2) is 0 Å². The third kappa shape index (κ3) is 29.5. The lowest BCUT2D eigenvalue weighted by molar-refractivity contribution is -0.870.